The molecule has 2 aromatic rings. The van der Waals surface area contributed by atoms with Crippen LogP contribution in [0.15, 0.2) is 18.3 Å². The van der Waals surface area contributed by atoms with E-state index in [0.29, 0.717) is 36.3 Å². The van der Waals surface area contributed by atoms with Crippen molar-refractivity contribution in [2.24, 2.45) is 7.05 Å². The summed E-state index contributed by atoms with van der Waals surface area (Å²) >= 11 is 6.19. The van der Waals surface area contributed by atoms with Crippen molar-refractivity contribution in [2.75, 3.05) is 18.5 Å². The molecular formula is C12H13ClN4O2. The molecule has 2 heterocycles. The summed E-state index contributed by atoms with van der Waals surface area (Å²) in [6, 6.07) is 3.60. The Morgan fingerprint density at radius 2 is 2.05 bits per heavy atom. The number of aryl methyl sites for hydroxylation is 1. The number of benzene rings is 1. The number of anilines is 1. The molecule has 1 aliphatic rings. The van der Waals surface area contributed by atoms with Crippen LogP contribution in [-0.4, -0.2) is 28.2 Å². The average Bonchev–Trinajstić information content (AvgIpc) is 2.82. The van der Waals surface area contributed by atoms with E-state index in [0.717, 1.165) is 11.4 Å². The monoisotopic (exact) mass is 280 g/mol. The van der Waals surface area contributed by atoms with Gasteiger partial charge in [0, 0.05) is 25.4 Å². The molecule has 0 atom stereocenters. The lowest BCUT2D eigenvalue weighted by molar-refractivity contribution is 0.171. The van der Waals surface area contributed by atoms with Crippen LogP contribution >= 0.6 is 11.6 Å². The van der Waals surface area contributed by atoms with Gasteiger partial charge in [0.25, 0.3) is 0 Å². The van der Waals surface area contributed by atoms with Gasteiger partial charge in [-0.1, -0.05) is 16.8 Å². The van der Waals surface area contributed by atoms with E-state index in [1.807, 2.05) is 19.3 Å². The van der Waals surface area contributed by atoms with Crippen LogP contribution in [0, 0.1) is 0 Å². The molecule has 0 saturated heterocycles. The van der Waals surface area contributed by atoms with Crippen LogP contribution in [0.25, 0.3) is 0 Å². The third-order valence-corrected chi connectivity index (χ3v) is 3.05. The van der Waals surface area contributed by atoms with E-state index in [1.54, 1.807) is 10.7 Å². The maximum absolute atomic E-state index is 6.19. The Labute approximate surface area is 115 Å². The van der Waals surface area contributed by atoms with Gasteiger partial charge in [-0.2, -0.15) is 0 Å². The lowest BCUT2D eigenvalue weighted by atomic mass is 10.2. The molecule has 1 aromatic heterocycles. The topological polar surface area (TPSA) is 61.2 Å². The second kappa shape index (κ2) is 4.97. The smallest absolute Gasteiger partial charge is 0.163 e. The molecule has 6 nitrogen and oxygen atoms in total. The van der Waals surface area contributed by atoms with Gasteiger partial charge in [-0.25, -0.2) is 0 Å². The van der Waals surface area contributed by atoms with Gasteiger partial charge >= 0.3 is 0 Å². The van der Waals surface area contributed by atoms with Crippen LogP contribution in [0.2, 0.25) is 5.02 Å². The van der Waals surface area contributed by atoms with Crippen molar-refractivity contribution >= 4 is 17.3 Å². The quantitative estimate of drug-likeness (QED) is 0.930. The highest BCUT2D eigenvalue weighted by molar-refractivity contribution is 6.33. The van der Waals surface area contributed by atoms with Crippen LogP contribution in [0.4, 0.5) is 5.69 Å². The minimum absolute atomic E-state index is 0.549. The third-order valence-electron chi connectivity index (χ3n) is 2.74. The van der Waals surface area contributed by atoms with Crippen LogP contribution in [0.3, 0.4) is 0 Å². The zero-order chi connectivity index (χ0) is 13.2. The van der Waals surface area contributed by atoms with E-state index >= 15 is 0 Å². The van der Waals surface area contributed by atoms with E-state index < -0.39 is 0 Å². The van der Waals surface area contributed by atoms with Gasteiger partial charge in [-0.3, -0.25) is 4.68 Å². The highest BCUT2D eigenvalue weighted by Gasteiger charge is 2.15. The Bertz CT molecular complexity index is 599. The average molecular weight is 281 g/mol. The van der Waals surface area contributed by atoms with Crippen LogP contribution in [0.5, 0.6) is 11.5 Å². The lowest BCUT2D eigenvalue weighted by Gasteiger charge is -2.20. The highest BCUT2D eigenvalue weighted by Crippen LogP contribution is 2.37. The zero-order valence-corrected chi connectivity index (χ0v) is 11.1. The number of fused-ring (bicyclic) bond motifs is 1. The van der Waals surface area contributed by atoms with Crippen molar-refractivity contribution < 1.29 is 9.47 Å². The van der Waals surface area contributed by atoms with E-state index in [-0.39, 0.29) is 0 Å². The number of nitrogens with zero attached hydrogens (tertiary/aromatic N) is 3. The second-order valence-corrected chi connectivity index (χ2v) is 4.62. The van der Waals surface area contributed by atoms with Gasteiger partial charge in [0.2, 0.25) is 0 Å². The van der Waals surface area contributed by atoms with Crippen molar-refractivity contribution in [3.05, 3.63) is 29.0 Å². The largest absolute Gasteiger partial charge is 0.486 e. The maximum Gasteiger partial charge on any atom is 0.163 e. The molecule has 1 N–H and O–H groups in total. The molecule has 0 saturated carbocycles. The van der Waals surface area contributed by atoms with Crippen LogP contribution < -0.4 is 14.8 Å². The van der Waals surface area contributed by atoms with Gasteiger partial charge in [0.1, 0.15) is 18.9 Å². The summed E-state index contributed by atoms with van der Waals surface area (Å²) in [7, 11) is 1.83. The first-order chi connectivity index (χ1) is 9.22. The normalized spacial score (nSPS) is 13.4. The molecule has 7 heteroatoms. The Kier molecular flexibility index (Phi) is 3.16. The summed E-state index contributed by atoms with van der Waals surface area (Å²) < 4.78 is 12.6. The summed E-state index contributed by atoms with van der Waals surface area (Å²) in [6.07, 6.45) is 1.85. The van der Waals surface area contributed by atoms with E-state index in [9.17, 15) is 0 Å². The molecule has 1 aromatic carbocycles. The molecule has 0 unspecified atom stereocenters. The summed E-state index contributed by atoms with van der Waals surface area (Å²) in [6.45, 7) is 1.65. The van der Waals surface area contributed by atoms with Gasteiger partial charge in [0.05, 0.1) is 17.3 Å². The second-order valence-electron chi connectivity index (χ2n) is 4.21. The number of hydrogen-bond donors (Lipinski definition) is 1. The Balaban J connectivity index is 1.77. The van der Waals surface area contributed by atoms with Crippen molar-refractivity contribution in [1.82, 2.24) is 15.0 Å². The van der Waals surface area contributed by atoms with Crippen molar-refractivity contribution in [2.45, 2.75) is 6.54 Å². The van der Waals surface area contributed by atoms with Gasteiger partial charge in [-0.15, -0.1) is 5.10 Å². The molecular weight excluding hydrogens is 268 g/mol. The Hall–Kier alpha value is -1.95. The zero-order valence-electron chi connectivity index (χ0n) is 10.4. The number of ether oxygens (including phenoxy) is 2. The number of rotatable bonds is 3. The third kappa shape index (κ3) is 2.58. The molecule has 0 bridgehead atoms. The van der Waals surface area contributed by atoms with Crippen molar-refractivity contribution in [3.63, 3.8) is 0 Å². The first kappa shape index (κ1) is 12.1. The molecule has 1 aliphatic heterocycles. The summed E-state index contributed by atoms with van der Waals surface area (Å²) in [5.74, 6) is 1.39. The van der Waals surface area contributed by atoms with Crippen molar-refractivity contribution in [3.8, 4) is 11.5 Å². The maximum atomic E-state index is 6.19. The molecule has 3 rings (SSSR count). The number of nitrogens with one attached hydrogen (secondary N) is 1. The molecule has 0 radical (unpaired) electrons. The molecule has 0 aliphatic carbocycles. The Morgan fingerprint density at radius 1 is 1.32 bits per heavy atom. The molecule has 100 valence electrons. The number of aromatic nitrogens is 3. The molecule has 0 fully saturated rings. The van der Waals surface area contributed by atoms with Gasteiger partial charge in [-0.05, 0) is 0 Å². The fourth-order valence-corrected chi connectivity index (χ4v) is 2.08. The van der Waals surface area contributed by atoms with E-state index in [1.165, 1.54) is 0 Å². The fraction of sp³-hybridized carbons (Fsp3) is 0.333. The highest BCUT2D eigenvalue weighted by atomic mass is 35.5. The number of halogens is 1. The predicted octanol–water partition coefficient (Wildman–Crippen LogP) is 1.85. The van der Waals surface area contributed by atoms with Crippen LogP contribution in [0.1, 0.15) is 5.69 Å². The van der Waals surface area contributed by atoms with E-state index in [2.05, 4.69) is 15.6 Å². The summed E-state index contributed by atoms with van der Waals surface area (Å²) in [4.78, 5) is 0. The van der Waals surface area contributed by atoms with E-state index in [4.69, 9.17) is 21.1 Å². The molecule has 19 heavy (non-hydrogen) atoms. The first-order valence-corrected chi connectivity index (χ1v) is 6.28. The number of hydrogen-bond acceptors (Lipinski definition) is 5. The Morgan fingerprint density at radius 3 is 2.74 bits per heavy atom. The predicted molar refractivity (Wildman–Crippen MR) is 70.8 cm³/mol. The molecule has 0 spiro atoms. The van der Waals surface area contributed by atoms with Gasteiger partial charge < -0.3 is 14.8 Å². The minimum Gasteiger partial charge on any atom is -0.486 e. The SMILES string of the molecule is Cn1cc(CNc2cc3c(cc2Cl)OCCO3)nn1. The lowest BCUT2D eigenvalue weighted by Crippen LogP contribution is -2.15. The van der Waals surface area contributed by atoms with Crippen molar-refractivity contribution in [1.29, 1.82) is 0 Å². The summed E-state index contributed by atoms with van der Waals surface area (Å²) in [5.41, 5.74) is 1.63. The molecule has 0 amide bonds. The summed E-state index contributed by atoms with van der Waals surface area (Å²) in [5, 5.41) is 11.7. The van der Waals surface area contributed by atoms with Gasteiger partial charge in [0.15, 0.2) is 11.5 Å². The van der Waals surface area contributed by atoms with Crippen LogP contribution in [-0.2, 0) is 13.6 Å². The standard InChI is InChI=1S/C12H13ClN4O2/c1-17-7-8(15-16-17)6-14-10-5-12-11(4-9(10)13)18-2-3-19-12/h4-5,7,14H,2-3,6H2,1H3. The fourth-order valence-electron chi connectivity index (χ4n) is 1.86. The first-order valence-electron chi connectivity index (χ1n) is 5.90. The minimum atomic E-state index is 0.549.